The van der Waals surface area contributed by atoms with Gasteiger partial charge in [0.15, 0.2) is 0 Å². The molecule has 0 spiro atoms. The second-order valence-corrected chi connectivity index (χ2v) is 5.30. The highest BCUT2D eigenvalue weighted by atomic mass is 16.5. The summed E-state index contributed by atoms with van der Waals surface area (Å²) in [6, 6.07) is 6.07. The summed E-state index contributed by atoms with van der Waals surface area (Å²) in [5.74, 6) is 0.873. The van der Waals surface area contributed by atoms with E-state index in [9.17, 15) is 5.11 Å². The molecule has 2 atom stereocenters. The average molecular weight is 263 g/mol. The molecule has 1 aliphatic heterocycles. The van der Waals surface area contributed by atoms with Crippen molar-refractivity contribution < 1.29 is 9.84 Å². The number of likely N-dealkylation sites (N-methyl/N-ethyl adjacent to an activating group) is 1. The normalized spacial score (nSPS) is 22.2. The van der Waals surface area contributed by atoms with E-state index in [0.717, 1.165) is 36.4 Å². The van der Waals surface area contributed by atoms with Crippen molar-refractivity contribution in [3.8, 4) is 5.75 Å². The molecule has 0 aliphatic carbocycles. The van der Waals surface area contributed by atoms with E-state index in [-0.39, 0.29) is 6.04 Å². The van der Waals surface area contributed by atoms with E-state index in [1.54, 1.807) is 0 Å². The van der Waals surface area contributed by atoms with Crippen LogP contribution in [0.25, 0.3) is 0 Å². The number of benzene rings is 1. The third kappa shape index (κ3) is 2.93. The lowest BCUT2D eigenvalue weighted by molar-refractivity contribution is 0.00474. The summed E-state index contributed by atoms with van der Waals surface area (Å²) in [6.07, 6.45) is 1.90. The van der Waals surface area contributed by atoms with E-state index in [2.05, 4.69) is 18.7 Å². The molecular weight excluding hydrogens is 238 g/mol. The second-order valence-electron chi connectivity index (χ2n) is 5.30. The van der Waals surface area contributed by atoms with Gasteiger partial charge in [-0.1, -0.05) is 38.5 Å². The number of aliphatic hydroxyl groups excluding tert-OH is 1. The van der Waals surface area contributed by atoms with Crippen molar-refractivity contribution >= 4 is 0 Å². The van der Waals surface area contributed by atoms with Gasteiger partial charge in [0.1, 0.15) is 18.5 Å². The fourth-order valence-corrected chi connectivity index (χ4v) is 2.80. The van der Waals surface area contributed by atoms with Crippen LogP contribution in [0.4, 0.5) is 0 Å². The Labute approximate surface area is 116 Å². The number of unbranched alkanes of at least 4 members (excludes halogenated alkanes) is 1. The number of aryl methyl sites for hydroxylation is 1. The van der Waals surface area contributed by atoms with Gasteiger partial charge in [0, 0.05) is 5.56 Å². The Morgan fingerprint density at radius 1 is 1.37 bits per heavy atom. The molecule has 3 heteroatoms. The van der Waals surface area contributed by atoms with Crippen LogP contribution in [0.2, 0.25) is 0 Å². The minimum Gasteiger partial charge on any atom is -0.491 e. The van der Waals surface area contributed by atoms with Gasteiger partial charge >= 0.3 is 0 Å². The lowest BCUT2D eigenvalue weighted by Crippen LogP contribution is -2.46. The largest absolute Gasteiger partial charge is 0.491 e. The van der Waals surface area contributed by atoms with Crippen LogP contribution in [-0.4, -0.2) is 35.7 Å². The van der Waals surface area contributed by atoms with Gasteiger partial charge in [0.05, 0.1) is 6.04 Å². The van der Waals surface area contributed by atoms with Gasteiger partial charge < -0.3 is 9.84 Å². The first-order valence-corrected chi connectivity index (χ1v) is 7.33. The summed E-state index contributed by atoms with van der Waals surface area (Å²) in [5.41, 5.74) is 2.04. The number of rotatable bonds is 5. The molecular formula is C16H25NO2. The summed E-state index contributed by atoms with van der Waals surface area (Å²) in [4.78, 5) is 2.33. The topological polar surface area (TPSA) is 32.7 Å². The Hall–Kier alpha value is -1.06. The summed E-state index contributed by atoms with van der Waals surface area (Å²) in [7, 11) is 0. The molecule has 0 bridgehead atoms. The highest BCUT2D eigenvalue weighted by molar-refractivity contribution is 5.44. The first-order valence-electron chi connectivity index (χ1n) is 7.33. The van der Waals surface area contributed by atoms with E-state index in [4.69, 9.17) is 4.74 Å². The minimum absolute atomic E-state index is 0.0749. The Bertz CT molecular complexity index is 419. The van der Waals surface area contributed by atoms with Crippen LogP contribution in [-0.2, 0) is 0 Å². The number of hydrogen-bond donors (Lipinski definition) is 1. The van der Waals surface area contributed by atoms with Crippen LogP contribution in [0.15, 0.2) is 18.2 Å². The maximum absolute atomic E-state index is 10.6. The number of ether oxygens (including phenoxy) is 1. The van der Waals surface area contributed by atoms with Gasteiger partial charge in [-0.05, 0) is 32.0 Å². The zero-order chi connectivity index (χ0) is 13.8. The molecule has 1 heterocycles. The molecule has 3 nitrogen and oxygen atoms in total. The van der Waals surface area contributed by atoms with Gasteiger partial charge in [-0.25, -0.2) is 0 Å². The molecule has 1 aromatic rings. The molecule has 0 saturated carbocycles. The number of hydrogen-bond acceptors (Lipinski definition) is 3. The van der Waals surface area contributed by atoms with E-state index >= 15 is 0 Å². The number of para-hydroxylation sites is 1. The van der Waals surface area contributed by atoms with E-state index in [1.165, 1.54) is 6.42 Å². The fraction of sp³-hybridized carbons (Fsp3) is 0.625. The SMILES string of the molecule is CCCCN(CC)C1COc2c(C)cccc2C1O. The highest BCUT2D eigenvalue weighted by Crippen LogP contribution is 2.36. The fourth-order valence-electron chi connectivity index (χ4n) is 2.80. The molecule has 1 aromatic carbocycles. The van der Waals surface area contributed by atoms with Gasteiger partial charge in [-0.2, -0.15) is 0 Å². The monoisotopic (exact) mass is 263 g/mol. The molecule has 0 amide bonds. The first kappa shape index (κ1) is 14.4. The second kappa shape index (κ2) is 6.40. The molecule has 0 fully saturated rings. The van der Waals surface area contributed by atoms with E-state index < -0.39 is 6.10 Å². The summed E-state index contributed by atoms with van der Waals surface area (Å²) in [6.45, 7) is 8.93. The number of fused-ring (bicyclic) bond motifs is 1. The third-order valence-electron chi connectivity index (χ3n) is 4.00. The van der Waals surface area contributed by atoms with Crippen molar-refractivity contribution in [3.05, 3.63) is 29.3 Å². The zero-order valence-electron chi connectivity index (χ0n) is 12.2. The Morgan fingerprint density at radius 2 is 2.16 bits per heavy atom. The van der Waals surface area contributed by atoms with E-state index in [1.807, 2.05) is 25.1 Å². The summed E-state index contributed by atoms with van der Waals surface area (Å²) >= 11 is 0. The molecule has 1 aliphatic rings. The maximum atomic E-state index is 10.6. The minimum atomic E-state index is -0.444. The van der Waals surface area contributed by atoms with Crippen molar-refractivity contribution in [3.63, 3.8) is 0 Å². The Balaban J connectivity index is 2.18. The maximum Gasteiger partial charge on any atom is 0.128 e. The zero-order valence-corrected chi connectivity index (χ0v) is 12.2. The van der Waals surface area contributed by atoms with Crippen molar-refractivity contribution in [2.24, 2.45) is 0 Å². The molecule has 19 heavy (non-hydrogen) atoms. The molecule has 0 radical (unpaired) electrons. The van der Waals surface area contributed by atoms with Crippen LogP contribution in [0.1, 0.15) is 43.9 Å². The van der Waals surface area contributed by atoms with Crippen molar-refractivity contribution in [1.82, 2.24) is 4.90 Å². The average Bonchev–Trinajstić information content (AvgIpc) is 2.42. The molecule has 106 valence electrons. The Kier molecular flexibility index (Phi) is 4.83. The summed E-state index contributed by atoms with van der Waals surface area (Å²) < 4.78 is 5.90. The number of nitrogens with zero attached hydrogens (tertiary/aromatic N) is 1. The van der Waals surface area contributed by atoms with Crippen molar-refractivity contribution in [2.75, 3.05) is 19.7 Å². The van der Waals surface area contributed by atoms with Gasteiger partial charge in [-0.3, -0.25) is 4.90 Å². The van der Waals surface area contributed by atoms with Crippen molar-refractivity contribution in [2.45, 2.75) is 45.8 Å². The smallest absolute Gasteiger partial charge is 0.128 e. The third-order valence-corrected chi connectivity index (χ3v) is 4.00. The van der Waals surface area contributed by atoms with Crippen LogP contribution in [0, 0.1) is 6.92 Å². The highest BCUT2D eigenvalue weighted by Gasteiger charge is 2.33. The predicted molar refractivity (Wildman–Crippen MR) is 77.6 cm³/mol. The molecule has 0 saturated heterocycles. The van der Waals surface area contributed by atoms with Crippen LogP contribution in [0.3, 0.4) is 0 Å². The Morgan fingerprint density at radius 3 is 2.84 bits per heavy atom. The van der Waals surface area contributed by atoms with Crippen LogP contribution in [0.5, 0.6) is 5.75 Å². The van der Waals surface area contributed by atoms with Crippen LogP contribution < -0.4 is 4.74 Å². The van der Waals surface area contributed by atoms with Crippen LogP contribution >= 0.6 is 0 Å². The van der Waals surface area contributed by atoms with Gasteiger partial charge in [0.2, 0.25) is 0 Å². The predicted octanol–water partition coefficient (Wildman–Crippen LogP) is 2.91. The number of aliphatic hydroxyl groups is 1. The molecule has 0 aromatic heterocycles. The standard InChI is InChI=1S/C16H25NO2/c1-4-6-10-17(5-2)14-11-19-16-12(3)8-7-9-13(16)15(14)18/h7-9,14-15,18H,4-6,10-11H2,1-3H3. The lowest BCUT2D eigenvalue weighted by atomic mass is 9.95. The summed E-state index contributed by atoms with van der Waals surface area (Å²) in [5, 5.41) is 10.6. The molecule has 2 unspecified atom stereocenters. The molecule has 2 rings (SSSR count). The molecule has 1 N–H and O–H groups in total. The quantitative estimate of drug-likeness (QED) is 0.886. The first-order chi connectivity index (χ1) is 9.19. The lowest BCUT2D eigenvalue weighted by Gasteiger charge is -2.38. The van der Waals surface area contributed by atoms with Crippen molar-refractivity contribution in [1.29, 1.82) is 0 Å². The van der Waals surface area contributed by atoms with E-state index in [0.29, 0.717) is 6.61 Å². The van der Waals surface area contributed by atoms with Gasteiger partial charge in [0.25, 0.3) is 0 Å². The van der Waals surface area contributed by atoms with Gasteiger partial charge in [-0.15, -0.1) is 0 Å².